The van der Waals surface area contributed by atoms with E-state index in [9.17, 15) is 9.59 Å². The van der Waals surface area contributed by atoms with Gasteiger partial charge in [0.1, 0.15) is 16.8 Å². The van der Waals surface area contributed by atoms with E-state index in [1.807, 2.05) is 71.3 Å². The normalized spacial score (nSPS) is 11.1. The molecule has 0 unspecified atom stereocenters. The molecular formula is C28H23NO5. The highest BCUT2D eigenvalue weighted by molar-refractivity contribution is 6.18. The van der Waals surface area contributed by atoms with Crippen LogP contribution in [0.4, 0.5) is 0 Å². The molecule has 170 valence electrons. The molecule has 0 aliphatic rings. The quantitative estimate of drug-likeness (QED) is 0.245. The average molecular weight is 453 g/mol. The van der Waals surface area contributed by atoms with Crippen molar-refractivity contribution in [2.24, 2.45) is 0 Å². The molecule has 0 aliphatic heterocycles. The van der Waals surface area contributed by atoms with Crippen molar-refractivity contribution < 1.29 is 18.7 Å². The third-order valence-electron chi connectivity index (χ3n) is 5.84. The molecule has 2 aromatic heterocycles. The number of carbonyl (C=O) groups is 1. The molecule has 0 spiro atoms. The summed E-state index contributed by atoms with van der Waals surface area (Å²) >= 11 is 0. The fraction of sp³-hybridized carbons (Fsp3) is 0.143. The van der Waals surface area contributed by atoms with Gasteiger partial charge in [-0.25, -0.2) is 9.59 Å². The highest BCUT2D eigenvalue weighted by Gasteiger charge is 2.29. The molecule has 5 aromatic rings. The van der Waals surface area contributed by atoms with Crippen molar-refractivity contribution in [3.8, 4) is 17.0 Å². The highest BCUT2D eigenvalue weighted by Crippen LogP contribution is 2.38. The second-order valence-electron chi connectivity index (χ2n) is 7.85. The minimum Gasteiger partial charge on any atom is -0.497 e. The minimum atomic E-state index is -0.505. The summed E-state index contributed by atoms with van der Waals surface area (Å²) in [4.78, 5) is 26.7. The fourth-order valence-corrected chi connectivity index (χ4v) is 4.38. The molecule has 0 radical (unpaired) electrons. The molecule has 0 atom stereocenters. The molecule has 0 saturated carbocycles. The molecule has 6 nitrogen and oxygen atoms in total. The van der Waals surface area contributed by atoms with E-state index in [1.54, 1.807) is 26.2 Å². The first-order chi connectivity index (χ1) is 16.6. The summed E-state index contributed by atoms with van der Waals surface area (Å²) in [5.74, 6) is 0.206. The van der Waals surface area contributed by atoms with Crippen molar-refractivity contribution >= 4 is 27.8 Å². The zero-order valence-corrected chi connectivity index (χ0v) is 18.9. The number of rotatable bonds is 6. The van der Waals surface area contributed by atoms with Crippen LogP contribution in [0.1, 0.15) is 22.8 Å². The number of carbonyl (C=O) groups excluding carboxylic acids is 1. The maximum atomic E-state index is 13.4. The summed E-state index contributed by atoms with van der Waals surface area (Å²) in [6.45, 7) is 2.35. The van der Waals surface area contributed by atoms with Crippen LogP contribution in [0.2, 0.25) is 0 Å². The van der Waals surface area contributed by atoms with Gasteiger partial charge in [-0.2, -0.15) is 0 Å². The summed E-state index contributed by atoms with van der Waals surface area (Å²) in [7, 11) is 1.60. The lowest BCUT2D eigenvalue weighted by molar-refractivity contribution is 0.0529. The zero-order valence-electron chi connectivity index (χ0n) is 18.9. The number of para-hydroxylation sites is 1. The Morgan fingerprint density at radius 2 is 1.65 bits per heavy atom. The number of hydrogen-bond donors (Lipinski definition) is 0. The van der Waals surface area contributed by atoms with Crippen LogP contribution >= 0.6 is 0 Å². The van der Waals surface area contributed by atoms with Crippen molar-refractivity contribution in [3.63, 3.8) is 0 Å². The zero-order chi connectivity index (χ0) is 23.7. The molecule has 5 rings (SSSR count). The molecular weight excluding hydrogens is 430 g/mol. The lowest BCUT2D eigenvalue weighted by Crippen LogP contribution is -2.10. The number of ether oxygens (including phenoxy) is 2. The first kappa shape index (κ1) is 21.5. The van der Waals surface area contributed by atoms with Gasteiger partial charge in [-0.1, -0.05) is 48.5 Å². The standard InChI is InChI=1S/C28H23NO5/c1-3-33-27(30)24-23-21-11-7-8-12-22(21)34-28(31)26(23)29(17-18-9-5-4-6-10-18)25(24)19-13-15-20(32-2)16-14-19/h4-16H,3,17H2,1-2H3. The second kappa shape index (κ2) is 8.90. The van der Waals surface area contributed by atoms with Gasteiger partial charge in [-0.05, 0) is 48.4 Å². The monoisotopic (exact) mass is 453 g/mol. The molecule has 2 heterocycles. The summed E-state index contributed by atoms with van der Waals surface area (Å²) in [5, 5.41) is 1.22. The number of methoxy groups -OCH3 is 1. The van der Waals surface area contributed by atoms with E-state index in [1.165, 1.54) is 0 Å². The van der Waals surface area contributed by atoms with Crippen LogP contribution in [-0.4, -0.2) is 24.3 Å². The topological polar surface area (TPSA) is 70.7 Å². The smallest absolute Gasteiger partial charge is 0.361 e. The number of nitrogens with zero attached hydrogens (tertiary/aromatic N) is 1. The Labute approximate surface area is 196 Å². The summed E-state index contributed by atoms with van der Waals surface area (Å²) < 4.78 is 18.3. The number of fused-ring (bicyclic) bond motifs is 3. The van der Waals surface area contributed by atoms with Gasteiger partial charge < -0.3 is 18.5 Å². The Morgan fingerprint density at radius 3 is 2.35 bits per heavy atom. The molecule has 3 aromatic carbocycles. The number of benzene rings is 3. The van der Waals surface area contributed by atoms with Crippen molar-refractivity contribution in [2.75, 3.05) is 13.7 Å². The van der Waals surface area contributed by atoms with Gasteiger partial charge in [0.15, 0.2) is 0 Å². The SMILES string of the molecule is CCOC(=O)c1c(-c2ccc(OC)cc2)n(Cc2ccccc2)c2c(=O)oc3ccccc3c12. The van der Waals surface area contributed by atoms with E-state index in [4.69, 9.17) is 13.9 Å². The van der Waals surface area contributed by atoms with E-state index in [0.29, 0.717) is 45.4 Å². The fourth-order valence-electron chi connectivity index (χ4n) is 4.38. The minimum absolute atomic E-state index is 0.214. The number of esters is 1. The Kier molecular flexibility index (Phi) is 5.64. The van der Waals surface area contributed by atoms with Gasteiger partial charge >= 0.3 is 11.6 Å². The molecule has 0 aliphatic carbocycles. The maximum absolute atomic E-state index is 13.4. The van der Waals surface area contributed by atoms with E-state index in [2.05, 4.69) is 0 Å². The highest BCUT2D eigenvalue weighted by atomic mass is 16.5. The predicted molar refractivity (Wildman–Crippen MR) is 131 cm³/mol. The van der Waals surface area contributed by atoms with Crippen LogP contribution < -0.4 is 10.4 Å². The van der Waals surface area contributed by atoms with Gasteiger partial charge in [0, 0.05) is 17.3 Å². The second-order valence-corrected chi connectivity index (χ2v) is 7.85. The van der Waals surface area contributed by atoms with Crippen molar-refractivity contribution in [1.29, 1.82) is 0 Å². The van der Waals surface area contributed by atoms with Gasteiger partial charge in [0.05, 0.1) is 25.0 Å². The van der Waals surface area contributed by atoms with E-state index in [0.717, 1.165) is 11.1 Å². The lowest BCUT2D eigenvalue weighted by atomic mass is 10.0. The van der Waals surface area contributed by atoms with Crippen LogP contribution in [0.5, 0.6) is 5.75 Å². The first-order valence-corrected chi connectivity index (χ1v) is 11.1. The molecule has 0 bridgehead atoms. The van der Waals surface area contributed by atoms with Gasteiger partial charge in [0.25, 0.3) is 0 Å². The van der Waals surface area contributed by atoms with Crippen LogP contribution in [0.15, 0.2) is 88.1 Å². The van der Waals surface area contributed by atoms with Crippen molar-refractivity contribution in [2.45, 2.75) is 13.5 Å². The van der Waals surface area contributed by atoms with Crippen LogP contribution in [0.3, 0.4) is 0 Å². The Balaban J connectivity index is 1.94. The molecule has 6 heteroatoms. The summed E-state index contributed by atoms with van der Waals surface area (Å²) in [5.41, 5.74) is 2.94. The Morgan fingerprint density at radius 1 is 0.941 bits per heavy atom. The molecule has 0 saturated heterocycles. The molecule has 0 N–H and O–H groups in total. The van der Waals surface area contributed by atoms with Gasteiger partial charge in [-0.3, -0.25) is 0 Å². The predicted octanol–water partition coefficient (Wildman–Crippen LogP) is 5.65. The number of aromatic nitrogens is 1. The van der Waals surface area contributed by atoms with E-state index < -0.39 is 11.6 Å². The maximum Gasteiger partial charge on any atom is 0.361 e. The molecule has 34 heavy (non-hydrogen) atoms. The van der Waals surface area contributed by atoms with E-state index >= 15 is 0 Å². The first-order valence-electron chi connectivity index (χ1n) is 11.1. The number of hydrogen-bond acceptors (Lipinski definition) is 5. The lowest BCUT2D eigenvalue weighted by Gasteiger charge is -2.13. The van der Waals surface area contributed by atoms with Crippen LogP contribution in [0.25, 0.3) is 33.1 Å². The summed E-state index contributed by atoms with van der Waals surface area (Å²) in [6.07, 6.45) is 0. The Hall–Kier alpha value is -4.32. The summed E-state index contributed by atoms with van der Waals surface area (Å²) in [6, 6.07) is 24.4. The average Bonchev–Trinajstić information content (AvgIpc) is 3.20. The van der Waals surface area contributed by atoms with Gasteiger partial charge in [-0.15, -0.1) is 0 Å². The third kappa shape index (κ3) is 3.63. The van der Waals surface area contributed by atoms with E-state index in [-0.39, 0.29) is 6.61 Å². The largest absolute Gasteiger partial charge is 0.497 e. The van der Waals surface area contributed by atoms with Crippen molar-refractivity contribution in [1.82, 2.24) is 4.57 Å². The van der Waals surface area contributed by atoms with Crippen LogP contribution in [-0.2, 0) is 11.3 Å². The van der Waals surface area contributed by atoms with Gasteiger partial charge in [0.2, 0.25) is 0 Å². The molecule has 0 fully saturated rings. The van der Waals surface area contributed by atoms with Crippen LogP contribution in [0, 0.1) is 0 Å². The van der Waals surface area contributed by atoms with Crippen molar-refractivity contribution in [3.05, 3.63) is 100 Å². The third-order valence-corrected chi connectivity index (χ3v) is 5.84. The molecule has 0 amide bonds. The Bertz CT molecular complexity index is 1550.